The zero-order chi connectivity index (χ0) is 44.3. The van der Waals surface area contributed by atoms with E-state index in [0.717, 1.165) is 50.4 Å². The third-order valence-corrected chi connectivity index (χ3v) is 10.6. The van der Waals surface area contributed by atoms with E-state index in [1.165, 1.54) is 14.2 Å². The van der Waals surface area contributed by atoms with Gasteiger partial charge in [-0.05, 0) is 72.8 Å². The van der Waals surface area contributed by atoms with Gasteiger partial charge < -0.3 is 34.0 Å². The van der Waals surface area contributed by atoms with Crippen LogP contribution in [0, 0.1) is 11.1 Å². The number of carbonyl (C=O) groups excluding carboxylic acids is 3. The molecule has 0 radical (unpaired) electrons. The van der Waals surface area contributed by atoms with Gasteiger partial charge in [0.1, 0.15) is 28.3 Å². The lowest BCUT2D eigenvalue weighted by Gasteiger charge is -2.44. The van der Waals surface area contributed by atoms with Crippen LogP contribution in [-0.2, 0) is 41.6 Å². The summed E-state index contributed by atoms with van der Waals surface area (Å²) in [4.78, 5) is 51.1. The highest BCUT2D eigenvalue weighted by molar-refractivity contribution is 6.35. The van der Waals surface area contributed by atoms with Crippen LogP contribution in [0.5, 0.6) is 11.5 Å². The first-order chi connectivity index (χ1) is 29.1. The molecule has 4 heterocycles. The van der Waals surface area contributed by atoms with Crippen LogP contribution in [0.4, 0.5) is 13.2 Å². The fraction of sp³-hybridized carbons (Fsp3) is 0.357. The second-order valence-corrected chi connectivity index (χ2v) is 14.8. The minimum atomic E-state index is -5.08. The number of alkyl halides is 3. The monoisotopic (exact) mass is 891 g/mol. The van der Waals surface area contributed by atoms with Crippen molar-refractivity contribution in [3.63, 3.8) is 0 Å². The van der Waals surface area contributed by atoms with Crippen molar-refractivity contribution in [1.82, 2.24) is 10.2 Å². The van der Waals surface area contributed by atoms with Crippen molar-refractivity contribution in [3.05, 3.63) is 128 Å². The summed E-state index contributed by atoms with van der Waals surface area (Å²) < 4.78 is 60.2. The number of methoxy groups -OCH3 is 2. The van der Waals surface area contributed by atoms with Crippen LogP contribution in [0.2, 0.25) is 10.0 Å². The van der Waals surface area contributed by atoms with Gasteiger partial charge in [-0.15, -0.1) is 0 Å². The van der Waals surface area contributed by atoms with E-state index in [9.17, 15) is 32.8 Å². The normalized spacial score (nSPS) is 17.8. The number of rotatable bonds is 15. The van der Waals surface area contributed by atoms with Crippen molar-refractivity contribution in [2.45, 2.75) is 50.2 Å². The number of ether oxygens (including phenoxy) is 5. The van der Waals surface area contributed by atoms with Crippen LogP contribution in [0.15, 0.2) is 85.2 Å². The van der Waals surface area contributed by atoms with E-state index in [1.807, 2.05) is 36.4 Å². The molecule has 2 N–H and O–H groups in total. The number of nitrogens with zero attached hydrogens (tertiary/aromatic N) is 2. The zero-order valence-corrected chi connectivity index (χ0v) is 34.4. The fourth-order valence-corrected chi connectivity index (χ4v) is 7.46. The maximum atomic E-state index is 13.6. The number of esters is 3. The number of benzene rings is 3. The van der Waals surface area contributed by atoms with Crippen molar-refractivity contribution in [1.29, 1.82) is 0 Å². The number of nitrogens with one attached hydrogen (secondary N) is 1. The molecule has 4 aromatic rings. The van der Waals surface area contributed by atoms with E-state index in [4.69, 9.17) is 56.8 Å². The number of hydrogen-bond acceptors (Lipinski definition) is 12. The second-order valence-electron chi connectivity index (χ2n) is 14.0. The predicted molar refractivity (Wildman–Crippen MR) is 213 cm³/mol. The van der Waals surface area contributed by atoms with E-state index in [0.29, 0.717) is 38.8 Å². The Morgan fingerprint density at radius 1 is 0.918 bits per heavy atom. The molecule has 0 spiro atoms. The Morgan fingerprint density at radius 3 is 2.16 bits per heavy atom. The van der Waals surface area contributed by atoms with Crippen LogP contribution in [-0.4, -0.2) is 86.6 Å². The number of aromatic nitrogens is 1. The maximum absolute atomic E-state index is 13.6. The third kappa shape index (κ3) is 12.9. The quantitative estimate of drug-likeness (QED) is 0.0579. The van der Waals surface area contributed by atoms with Crippen molar-refractivity contribution in [2.75, 3.05) is 40.5 Å². The molecule has 1 aromatic heterocycles. The Bertz CT molecular complexity index is 2150. The Balaban J connectivity index is 0.000000925. The average Bonchev–Trinajstić information content (AvgIpc) is 3.24. The van der Waals surface area contributed by atoms with E-state index < -0.39 is 42.8 Å². The molecule has 0 aliphatic carbocycles. The largest absolute Gasteiger partial charge is 0.619 e. The number of carbonyl (C=O) groups is 4. The summed E-state index contributed by atoms with van der Waals surface area (Å²) in [5.74, 6) is -3.46. The standard InChI is InChI=1S/C40H41Cl2N3O9.C2HF3O2/c1-50-33-12-11-28(18-35(33)51-2)34(19-30-31(41)21-45(49)22-32(30)42)53-37(46)24-52-39(47)29-10-6-7-25(17-29)20-43-38(27-8-4-3-5-9-27)40(48)54-36-23-44-15-13-26(36)14-16-44;3-2(4,5)1(6)7/h3-12,17-18,21-22,26,34,36,38,43H,13-16,19-20,23-24H2,1-2H3;(H,6,7)/t34?,36-,38?;/m0./s1. The molecule has 3 aromatic carbocycles. The lowest BCUT2D eigenvalue weighted by molar-refractivity contribution is -0.605. The number of piperidine rings is 3. The molecular weight excluding hydrogens is 850 g/mol. The lowest BCUT2D eigenvalue weighted by Crippen LogP contribution is -2.52. The topological polar surface area (TPSA) is 177 Å². The summed E-state index contributed by atoms with van der Waals surface area (Å²) in [5, 5.41) is 22.4. The second kappa shape index (κ2) is 21.3. The molecule has 2 unspecified atom stereocenters. The lowest BCUT2D eigenvalue weighted by atomic mass is 9.86. The van der Waals surface area contributed by atoms with E-state index in [1.54, 1.807) is 36.4 Å². The van der Waals surface area contributed by atoms with Gasteiger partial charge in [0, 0.05) is 25.1 Å². The molecule has 7 rings (SSSR count). The summed E-state index contributed by atoms with van der Waals surface area (Å²) in [7, 11) is 2.97. The van der Waals surface area contributed by atoms with Crippen LogP contribution < -0.4 is 19.5 Å². The van der Waals surface area contributed by atoms with Gasteiger partial charge in [0.25, 0.3) is 0 Å². The Morgan fingerprint density at radius 2 is 1.57 bits per heavy atom. The number of fused-ring (bicyclic) bond motifs is 3. The van der Waals surface area contributed by atoms with Gasteiger partial charge >= 0.3 is 30.1 Å². The average molecular weight is 893 g/mol. The number of hydrogen-bond donors (Lipinski definition) is 2. The molecule has 3 aliphatic rings. The summed E-state index contributed by atoms with van der Waals surface area (Å²) in [6.07, 6.45) is -1.82. The summed E-state index contributed by atoms with van der Waals surface area (Å²) in [6, 6.07) is 20.4. The summed E-state index contributed by atoms with van der Waals surface area (Å²) in [6.45, 7) is 2.40. The first kappa shape index (κ1) is 46.4. The van der Waals surface area contributed by atoms with Gasteiger partial charge in [0.2, 0.25) is 0 Å². The highest BCUT2D eigenvalue weighted by Gasteiger charge is 2.39. The van der Waals surface area contributed by atoms with Crippen molar-refractivity contribution >= 4 is 47.1 Å². The van der Waals surface area contributed by atoms with E-state index in [-0.39, 0.29) is 40.6 Å². The number of aliphatic carboxylic acids is 1. The van der Waals surface area contributed by atoms with Gasteiger partial charge in [-0.2, -0.15) is 17.9 Å². The SMILES string of the molecule is COc1ccc(C(Cc2c(Cl)c[n+]([O-])cc2Cl)OC(=O)COC(=O)c2cccc(CNC(C(=O)O[C@H]3CN4CCC3CC4)c3ccccc3)c2)cc1OC.O=C(O)C(F)(F)F. The van der Waals surface area contributed by atoms with Crippen molar-refractivity contribution in [2.24, 2.45) is 5.92 Å². The minimum Gasteiger partial charge on any atom is -0.619 e. The van der Waals surface area contributed by atoms with Crippen molar-refractivity contribution < 1.29 is 65.9 Å². The van der Waals surface area contributed by atoms with Gasteiger partial charge in [-0.1, -0.05) is 71.7 Å². The smallest absolute Gasteiger partial charge is 0.490 e. The molecule has 14 nitrogen and oxygen atoms in total. The molecule has 61 heavy (non-hydrogen) atoms. The zero-order valence-electron chi connectivity index (χ0n) is 32.9. The first-order valence-corrected chi connectivity index (χ1v) is 19.6. The van der Waals surface area contributed by atoms with Gasteiger partial charge in [0.05, 0.1) is 19.8 Å². The van der Waals surface area contributed by atoms with E-state index in [2.05, 4.69) is 10.2 Å². The number of pyridine rings is 1. The van der Waals surface area contributed by atoms with Crippen LogP contribution in [0.25, 0.3) is 0 Å². The Hall–Kier alpha value is -5.62. The number of carboxylic acid groups (broad SMARTS) is 1. The van der Waals surface area contributed by atoms with Crippen molar-refractivity contribution in [3.8, 4) is 11.5 Å². The Kier molecular flexibility index (Phi) is 16.2. The fourth-order valence-electron chi connectivity index (χ4n) is 6.86. The van der Waals surface area contributed by atoms with Crippen LogP contribution in [0.3, 0.4) is 0 Å². The summed E-state index contributed by atoms with van der Waals surface area (Å²) >= 11 is 12.7. The molecule has 0 saturated carbocycles. The molecular formula is C42H42Cl2F3N3O11. The minimum absolute atomic E-state index is 0.0000776. The Labute approximate surface area is 358 Å². The third-order valence-electron chi connectivity index (χ3n) is 9.97. The predicted octanol–water partition coefficient (Wildman–Crippen LogP) is 6.43. The van der Waals surface area contributed by atoms with Gasteiger partial charge in [-0.3, -0.25) is 10.2 Å². The van der Waals surface area contributed by atoms with Gasteiger partial charge in [0.15, 0.2) is 30.5 Å². The highest BCUT2D eigenvalue weighted by Crippen LogP contribution is 2.35. The van der Waals surface area contributed by atoms with Crippen LogP contribution in [0.1, 0.15) is 57.6 Å². The molecule has 3 aliphatic heterocycles. The number of halogens is 5. The first-order valence-electron chi connectivity index (χ1n) is 18.8. The molecule has 3 saturated heterocycles. The molecule has 3 atom stereocenters. The van der Waals surface area contributed by atoms with Crippen LogP contribution >= 0.6 is 23.2 Å². The summed E-state index contributed by atoms with van der Waals surface area (Å²) in [5.41, 5.74) is 2.59. The number of carboxylic acids is 1. The molecule has 2 bridgehead atoms. The molecule has 0 amide bonds. The molecule has 3 fully saturated rings. The maximum Gasteiger partial charge on any atom is 0.490 e. The molecule has 326 valence electrons. The van der Waals surface area contributed by atoms with Gasteiger partial charge in [-0.25, -0.2) is 19.2 Å². The highest BCUT2D eigenvalue weighted by atomic mass is 35.5. The molecule has 19 heteroatoms. The van der Waals surface area contributed by atoms with E-state index >= 15 is 0 Å².